The summed E-state index contributed by atoms with van der Waals surface area (Å²) in [6, 6.07) is 12.6. The van der Waals surface area contributed by atoms with E-state index in [1.54, 1.807) is 38.1 Å². The van der Waals surface area contributed by atoms with Crippen molar-refractivity contribution in [1.82, 2.24) is 5.32 Å². The number of amides is 2. The van der Waals surface area contributed by atoms with E-state index in [2.05, 4.69) is 10.6 Å². The zero-order valence-corrected chi connectivity index (χ0v) is 16.1. The molecule has 148 valence electrons. The van der Waals surface area contributed by atoms with Crippen LogP contribution in [0.5, 0.6) is 5.75 Å². The molecule has 1 aliphatic carbocycles. The summed E-state index contributed by atoms with van der Waals surface area (Å²) in [5.74, 6) is -0.594. The highest BCUT2D eigenvalue weighted by atomic mass is 19.1. The van der Waals surface area contributed by atoms with Crippen LogP contribution in [0.4, 0.5) is 10.1 Å². The molecule has 1 saturated carbocycles. The van der Waals surface area contributed by atoms with Gasteiger partial charge in [0, 0.05) is 6.04 Å². The maximum absolute atomic E-state index is 13.1. The molecule has 0 bridgehead atoms. The zero-order chi connectivity index (χ0) is 20.1. The van der Waals surface area contributed by atoms with Crippen molar-refractivity contribution < 1.29 is 18.7 Å². The van der Waals surface area contributed by atoms with Gasteiger partial charge < -0.3 is 15.4 Å². The molecule has 0 aromatic heterocycles. The van der Waals surface area contributed by atoms with E-state index in [0.717, 1.165) is 25.7 Å². The van der Waals surface area contributed by atoms with E-state index < -0.39 is 11.5 Å². The highest BCUT2D eigenvalue weighted by Crippen LogP contribution is 2.23. The molecule has 0 aliphatic heterocycles. The Labute approximate surface area is 164 Å². The van der Waals surface area contributed by atoms with Gasteiger partial charge in [0.2, 0.25) is 0 Å². The lowest BCUT2D eigenvalue weighted by Gasteiger charge is -2.26. The van der Waals surface area contributed by atoms with Gasteiger partial charge in [-0.05, 0) is 63.1 Å². The Morgan fingerprint density at radius 1 is 1.04 bits per heavy atom. The van der Waals surface area contributed by atoms with Crippen LogP contribution in [0.3, 0.4) is 0 Å². The number of benzene rings is 2. The zero-order valence-electron chi connectivity index (χ0n) is 16.1. The Kier molecular flexibility index (Phi) is 5.97. The van der Waals surface area contributed by atoms with Gasteiger partial charge in [-0.2, -0.15) is 0 Å². The molecule has 2 aromatic rings. The second kappa shape index (κ2) is 8.42. The topological polar surface area (TPSA) is 67.4 Å². The van der Waals surface area contributed by atoms with Crippen LogP contribution in [0.2, 0.25) is 0 Å². The first-order valence-corrected chi connectivity index (χ1v) is 9.51. The third kappa shape index (κ3) is 4.88. The number of rotatable bonds is 6. The number of hydrogen-bond acceptors (Lipinski definition) is 3. The summed E-state index contributed by atoms with van der Waals surface area (Å²) in [5.41, 5.74) is -0.369. The lowest BCUT2D eigenvalue weighted by Crippen LogP contribution is -2.43. The van der Waals surface area contributed by atoms with Crippen molar-refractivity contribution >= 4 is 17.5 Å². The second-order valence-corrected chi connectivity index (χ2v) is 7.52. The molecule has 1 aliphatic rings. The smallest absolute Gasteiger partial charge is 0.267 e. The van der Waals surface area contributed by atoms with Crippen molar-refractivity contribution in [3.05, 3.63) is 59.9 Å². The van der Waals surface area contributed by atoms with Gasteiger partial charge in [-0.15, -0.1) is 0 Å². The third-order valence-corrected chi connectivity index (χ3v) is 4.84. The fraction of sp³-hybridized carbons (Fsp3) is 0.364. The SMILES string of the molecule is CC(C)(Oc1ccc(F)cc1)C(=O)Nc1ccccc1C(=O)NC1CCCC1. The Bertz CT molecular complexity index is 843. The van der Waals surface area contributed by atoms with Crippen LogP contribution in [0, 0.1) is 5.82 Å². The Morgan fingerprint density at radius 3 is 2.36 bits per heavy atom. The molecule has 0 heterocycles. The van der Waals surface area contributed by atoms with Crippen LogP contribution in [0.1, 0.15) is 49.9 Å². The molecule has 0 spiro atoms. The summed E-state index contributed by atoms with van der Waals surface area (Å²) in [6.45, 7) is 3.24. The van der Waals surface area contributed by atoms with Crippen LogP contribution < -0.4 is 15.4 Å². The number of anilines is 1. The van der Waals surface area contributed by atoms with Crippen molar-refractivity contribution in [2.45, 2.75) is 51.2 Å². The van der Waals surface area contributed by atoms with Crippen molar-refractivity contribution in [3.8, 4) is 5.75 Å². The third-order valence-electron chi connectivity index (χ3n) is 4.84. The fourth-order valence-corrected chi connectivity index (χ4v) is 3.24. The summed E-state index contributed by atoms with van der Waals surface area (Å²) < 4.78 is 18.8. The first-order chi connectivity index (χ1) is 13.3. The van der Waals surface area contributed by atoms with Crippen molar-refractivity contribution in [3.63, 3.8) is 0 Å². The Balaban J connectivity index is 1.70. The highest BCUT2D eigenvalue weighted by molar-refractivity contribution is 6.05. The van der Waals surface area contributed by atoms with Crippen molar-refractivity contribution in [2.24, 2.45) is 0 Å². The fourth-order valence-electron chi connectivity index (χ4n) is 3.24. The molecular weight excluding hydrogens is 359 g/mol. The average Bonchev–Trinajstić information content (AvgIpc) is 3.17. The van der Waals surface area contributed by atoms with Gasteiger partial charge in [0.05, 0.1) is 11.3 Å². The van der Waals surface area contributed by atoms with Crippen LogP contribution in [0.25, 0.3) is 0 Å². The first kappa shape index (κ1) is 19.9. The van der Waals surface area contributed by atoms with E-state index in [9.17, 15) is 14.0 Å². The molecule has 0 unspecified atom stereocenters. The number of halogens is 1. The van der Waals surface area contributed by atoms with Gasteiger partial charge >= 0.3 is 0 Å². The van der Waals surface area contributed by atoms with Gasteiger partial charge in [0.25, 0.3) is 11.8 Å². The van der Waals surface area contributed by atoms with E-state index in [4.69, 9.17) is 4.74 Å². The Morgan fingerprint density at radius 2 is 1.68 bits per heavy atom. The van der Waals surface area contributed by atoms with Gasteiger partial charge in [-0.1, -0.05) is 25.0 Å². The van der Waals surface area contributed by atoms with Crippen LogP contribution in [0.15, 0.2) is 48.5 Å². The minimum Gasteiger partial charge on any atom is -0.478 e. The summed E-state index contributed by atoms with van der Waals surface area (Å²) in [7, 11) is 0. The molecular formula is C22H25FN2O3. The first-order valence-electron chi connectivity index (χ1n) is 9.51. The maximum Gasteiger partial charge on any atom is 0.267 e. The minimum absolute atomic E-state index is 0.189. The highest BCUT2D eigenvalue weighted by Gasteiger charge is 2.31. The normalized spacial score (nSPS) is 14.5. The number of carbonyl (C=O) groups excluding carboxylic acids is 2. The van der Waals surface area contributed by atoms with E-state index in [0.29, 0.717) is 17.0 Å². The van der Waals surface area contributed by atoms with Gasteiger partial charge in [0.1, 0.15) is 11.6 Å². The Hall–Kier alpha value is -2.89. The monoisotopic (exact) mass is 384 g/mol. The van der Waals surface area contributed by atoms with E-state index in [-0.39, 0.29) is 17.8 Å². The number of ether oxygens (including phenoxy) is 1. The van der Waals surface area contributed by atoms with Gasteiger partial charge in [0.15, 0.2) is 5.60 Å². The molecule has 0 atom stereocenters. The molecule has 3 rings (SSSR count). The molecule has 1 fully saturated rings. The molecule has 2 N–H and O–H groups in total. The number of hydrogen-bond donors (Lipinski definition) is 2. The number of para-hydroxylation sites is 1. The molecule has 2 aromatic carbocycles. The predicted molar refractivity (Wildman–Crippen MR) is 106 cm³/mol. The maximum atomic E-state index is 13.1. The number of carbonyl (C=O) groups is 2. The van der Waals surface area contributed by atoms with Gasteiger partial charge in [-0.25, -0.2) is 4.39 Å². The molecule has 0 radical (unpaired) electrons. The molecule has 5 nitrogen and oxygen atoms in total. The molecule has 28 heavy (non-hydrogen) atoms. The average molecular weight is 384 g/mol. The summed E-state index contributed by atoms with van der Waals surface area (Å²) >= 11 is 0. The molecule has 0 saturated heterocycles. The predicted octanol–water partition coefficient (Wildman–Crippen LogP) is 4.29. The summed E-state index contributed by atoms with van der Waals surface area (Å²) in [4.78, 5) is 25.4. The lowest BCUT2D eigenvalue weighted by molar-refractivity contribution is -0.128. The minimum atomic E-state index is -1.22. The van der Waals surface area contributed by atoms with Crippen molar-refractivity contribution in [1.29, 1.82) is 0 Å². The van der Waals surface area contributed by atoms with Gasteiger partial charge in [-0.3, -0.25) is 9.59 Å². The summed E-state index contributed by atoms with van der Waals surface area (Å²) in [6.07, 6.45) is 4.22. The van der Waals surface area contributed by atoms with Crippen LogP contribution in [-0.2, 0) is 4.79 Å². The molecule has 2 amide bonds. The molecule has 6 heteroatoms. The summed E-state index contributed by atoms with van der Waals surface area (Å²) in [5, 5.41) is 5.83. The quantitative estimate of drug-likeness (QED) is 0.781. The van der Waals surface area contributed by atoms with E-state index in [1.807, 2.05) is 0 Å². The van der Waals surface area contributed by atoms with Crippen LogP contribution >= 0.6 is 0 Å². The van der Waals surface area contributed by atoms with E-state index in [1.165, 1.54) is 24.3 Å². The standard InChI is InChI=1S/C22H25FN2O3/c1-22(2,28-17-13-11-15(23)12-14-17)21(27)25-19-10-6-5-9-18(19)20(26)24-16-7-3-4-8-16/h5-6,9-14,16H,3-4,7-8H2,1-2H3,(H,24,26)(H,25,27). The lowest BCUT2D eigenvalue weighted by atomic mass is 10.1. The number of nitrogens with one attached hydrogen (secondary N) is 2. The largest absolute Gasteiger partial charge is 0.478 e. The second-order valence-electron chi connectivity index (χ2n) is 7.52. The van der Waals surface area contributed by atoms with Crippen molar-refractivity contribution in [2.75, 3.05) is 5.32 Å². The van der Waals surface area contributed by atoms with E-state index >= 15 is 0 Å². The van der Waals surface area contributed by atoms with Crippen LogP contribution in [-0.4, -0.2) is 23.5 Å².